The minimum absolute atomic E-state index is 0.0185. The Morgan fingerprint density at radius 1 is 2.00 bits per heavy atom. The van der Waals surface area contributed by atoms with Crippen molar-refractivity contribution in [2.24, 2.45) is 5.92 Å². The van der Waals surface area contributed by atoms with Crippen LogP contribution < -0.4 is 0 Å². The van der Waals surface area contributed by atoms with Crippen molar-refractivity contribution in [1.82, 2.24) is 0 Å². The third kappa shape index (κ3) is 3.82. The molecular weight excluding hydrogens is 112 g/mol. The van der Waals surface area contributed by atoms with E-state index in [1.54, 1.807) is 6.92 Å². The van der Waals surface area contributed by atoms with Crippen molar-refractivity contribution in [3.05, 3.63) is 0 Å². The largest absolute Gasteiger partial charge is 0.330 e. The van der Waals surface area contributed by atoms with Gasteiger partial charge in [0.1, 0.15) is 6.29 Å². The van der Waals surface area contributed by atoms with Gasteiger partial charge in [-0.2, -0.15) is 0 Å². The summed E-state index contributed by atoms with van der Waals surface area (Å²) in [6, 6.07) is 0. The van der Waals surface area contributed by atoms with E-state index in [0.29, 0.717) is 17.8 Å². The third-order valence-corrected chi connectivity index (χ3v) is 1.24. The van der Waals surface area contributed by atoms with Crippen LogP contribution in [-0.2, 0) is 4.79 Å². The van der Waals surface area contributed by atoms with Crippen LogP contribution in [0.2, 0.25) is 0 Å². The number of hydrogen-bond donors (Lipinski definition) is 1. The highest BCUT2D eigenvalue weighted by Crippen LogP contribution is 1.98. The van der Waals surface area contributed by atoms with Crippen LogP contribution in [0.1, 0.15) is 6.92 Å². The van der Waals surface area contributed by atoms with Crippen LogP contribution in [0.4, 0.5) is 0 Å². The van der Waals surface area contributed by atoms with Gasteiger partial charge in [0.25, 0.3) is 0 Å². The maximum Gasteiger partial charge on any atom is 0.123 e. The molecule has 0 fully saturated rings. The Morgan fingerprint density at radius 2 is 2.57 bits per heavy atom. The summed E-state index contributed by atoms with van der Waals surface area (Å²) >= 11 is 0.703. The van der Waals surface area contributed by atoms with Crippen molar-refractivity contribution in [2.75, 3.05) is 5.75 Å². The monoisotopic (exact) mass is 120 g/mol. The van der Waals surface area contributed by atoms with E-state index >= 15 is 0 Å². The lowest BCUT2D eigenvalue weighted by molar-refractivity contribution is -0.110. The Morgan fingerprint density at radius 3 is 2.71 bits per heavy atom. The van der Waals surface area contributed by atoms with E-state index in [1.807, 2.05) is 0 Å². The van der Waals surface area contributed by atoms with E-state index in [2.05, 4.69) is 0 Å². The first-order valence-corrected chi connectivity index (χ1v) is 2.97. The zero-order valence-corrected chi connectivity index (χ0v) is 4.94. The Labute approximate surface area is 47.1 Å². The molecular formula is C4H8O2S. The molecule has 0 aromatic heterocycles. The van der Waals surface area contributed by atoms with E-state index in [0.717, 1.165) is 6.29 Å². The molecule has 0 aromatic carbocycles. The number of hydrogen-bond acceptors (Lipinski definition) is 3. The number of carbonyl (C=O) groups is 1. The quantitative estimate of drug-likeness (QED) is 0.446. The van der Waals surface area contributed by atoms with Gasteiger partial charge in [-0.05, 0) is 12.0 Å². The summed E-state index contributed by atoms with van der Waals surface area (Å²) in [6.45, 7) is 1.76. The standard InChI is InChI=1S/C4H8O2S/c1-4(2-5)3-7-6/h2,4,6H,3H2,1H3. The lowest BCUT2D eigenvalue weighted by Gasteiger charge is -1.93. The van der Waals surface area contributed by atoms with Gasteiger partial charge >= 0.3 is 0 Å². The van der Waals surface area contributed by atoms with Gasteiger partial charge in [-0.25, -0.2) is 0 Å². The predicted molar refractivity (Wildman–Crippen MR) is 30.3 cm³/mol. The molecule has 2 nitrogen and oxygen atoms in total. The zero-order chi connectivity index (χ0) is 5.70. The number of carbonyl (C=O) groups excluding carboxylic acids is 1. The fourth-order valence-corrected chi connectivity index (χ4v) is 0.471. The molecule has 0 aliphatic rings. The molecule has 0 rings (SSSR count). The average molecular weight is 120 g/mol. The van der Waals surface area contributed by atoms with E-state index in [1.165, 1.54) is 0 Å². The van der Waals surface area contributed by atoms with Gasteiger partial charge in [-0.15, -0.1) is 0 Å². The van der Waals surface area contributed by atoms with Gasteiger partial charge in [0.2, 0.25) is 0 Å². The van der Waals surface area contributed by atoms with E-state index in [-0.39, 0.29) is 5.92 Å². The minimum Gasteiger partial charge on any atom is -0.330 e. The molecule has 1 unspecified atom stereocenters. The average Bonchev–Trinajstić information content (AvgIpc) is 1.68. The highest BCUT2D eigenvalue weighted by Gasteiger charge is 1.95. The van der Waals surface area contributed by atoms with Crippen molar-refractivity contribution in [1.29, 1.82) is 0 Å². The summed E-state index contributed by atoms with van der Waals surface area (Å²) in [7, 11) is 0. The van der Waals surface area contributed by atoms with Crippen LogP contribution >= 0.6 is 12.0 Å². The maximum absolute atomic E-state index is 9.77. The molecule has 0 saturated carbocycles. The fourth-order valence-electron chi connectivity index (χ4n) is 0.157. The Hall–Kier alpha value is -0.0200. The summed E-state index contributed by atoms with van der Waals surface area (Å²) in [4.78, 5) is 9.77. The maximum atomic E-state index is 9.77. The highest BCUT2D eigenvalue weighted by molar-refractivity contribution is 7.93. The van der Waals surface area contributed by atoms with Gasteiger partial charge in [0, 0.05) is 11.7 Å². The van der Waals surface area contributed by atoms with Crippen LogP contribution in [0.5, 0.6) is 0 Å². The van der Waals surface area contributed by atoms with Gasteiger partial charge in [-0.3, -0.25) is 0 Å². The Kier molecular flexibility index (Phi) is 4.14. The third-order valence-electron chi connectivity index (χ3n) is 0.570. The lowest BCUT2D eigenvalue weighted by Crippen LogP contribution is -1.97. The summed E-state index contributed by atoms with van der Waals surface area (Å²) in [5.41, 5.74) is 0. The SMILES string of the molecule is CC(C=O)CSO. The van der Waals surface area contributed by atoms with Crippen molar-refractivity contribution in [2.45, 2.75) is 6.92 Å². The first kappa shape index (κ1) is 6.98. The molecule has 0 radical (unpaired) electrons. The fraction of sp³-hybridized carbons (Fsp3) is 0.750. The topological polar surface area (TPSA) is 37.3 Å². The van der Waals surface area contributed by atoms with Crippen LogP contribution in [0.15, 0.2) is 0 Å². The molecule has 0 aliphatic heterocycles. The molecule has 0 amide bonds. The second kappa shape index (κ2) is 4.15. The predicted octanol–water partition coefficient (Wildman–Crippen LogP) is 1.03. The van der Waals surface area contributed by atoms with Crippen molar-refractivity contribution in [3.8, 4) is 0 Å². The van der Waals surface area contributed by atoms with Crippen molar-refractivity contribution < 1.29 is 9.35 Å². The molecule has 42 valence electrons. The summed E-state index contributed by atoms with van der Waals surface area (Å²) < 4.78 is 8.13. The molecule has 0 aliphatic carbocycles. The van der Waals surface area contributed by atoms with Gasteiger partial charge in [0.15, 0.2) is 0 Å². The van der Waals surface area contributed by atoms with Gasteiger partial charge < -0.3 is 9.35 Å². The second-order valence-electron chi connectivity index (χ2n) is 1.41. The lowest BCUT2D eigenvalue weighted by atomic mass is 10.3. The molecule has 0 spiro atoms. The van der Waals surface area contributed by atoms with Gasteiger partial charge in [0.05, 0.1) is 0 Å². The molecule has 1 atom stereocenters. The highest BCUT2D eigenvalue weighted by atomic mass is 32.2. The summed E-state index contributed by atoms with van der Waals surface area (Å²) in [5, 5.41) is 0. The van der Waals surface area contributed by atoms with E-state index < -0.39 is 0 Å². The molecule has 0 bridgehead atoms. The van der Waals surface area contributed by atoms with Crippen LogP contribution in [0, 0.1) is 5.92 Å². The zero-order valence-electron chi connectivity index (χ0n) is 4.13. The van der Waals surface area contributed by atoms with Crippen molar-refractivity contribution in [3.63, 3.8) is 0 Å². The Balaban J connectivity index is 2.98. The van der Waals surface area contributed by atoms with E-state index in [4.69, 9.17) is 4.55 Å². The van der Waals surface area contributed by atoms with Crippen LogP contribution in [0.3, 0.4) is 0 Å². The van der Waals surface area contributed by atoms with Crippen molar-refractivity contribution >= 4 is 18.3 Å². The first-order valence-electron chi connectivity index (χ1n) is 2.03. The summed E-state index contributed by atoms with van der Waals surface area (Å²) in [5.74, 6) is 0.485. The smallest absolute Gasteiger partial charge is 0.123 e. The van der Waals surface area contributed by atoms with Gasteiger partial charge in [-0.1, -0.05) is 6.92 Å². The normalized spacial score (nSPS) is 13.4. The molecule has 1 N–H and O–H groups in total. The number of aldehydes is 1. The van der Waals surface area contributed by atoms with Crippen LogP contribution in [0.25, 0.3) is 0 Å². The molecule has 7 heavy (non-hydrogen) atoms. The molecule has 3 heteroatoms. The Bertz CT molecular complexity index is 55.7. The summed E-state index contributed by atoms with van der Waals surface area (Å²) in [6.07, 6.45) is 0.823. The second-order valence-corrected chi connectivity index (χ2v) is 2.00. The molecule has 0 aromatic rings. The molecule has 0 saturated heterocycles. The van der Waals surface area contributed by atoms with E-state index in [9.17, 15) is 4.79 Å². The number of rotatable bonds is 3. The minimum atomic E-state index is -0.0185. The van der Waals surface area contributed by atoms with Crippen LogP contribution in [-0.4, -0.2) is 16.6 Å². The molecule has 0 heterocycles. The first-order chi connectivity index (χ1) is 3.31.